The third-order valence-electron chi connectivity index (χ3n) is 6.74. The van der Waals surface area contributed by atoms with Crippen LogP contribution in [-0.4, -0.2) is 24.7 Å². The second-order valence-electron chi connectivity index (χ2n) is 8.57. The van der Waals surface area contributed by atoms with Gasteiger partial charge in [-0.15, -0.1) is 0 Å². The summed E-state index contributed by atoms with van der Waals surface area (Å²) in [5.74, 6) is 1.40. The minimum atomic E-state index is 0.448. The monoisotopic (exact) mass is 410 g/mol. The normalized spacial score (nSPS) is 18.1. The highest BCUT2D eigenvalue weighted by molar-refractivity contribution is 5.83. The third-order valence-corrected chi connectivity index (χ3v) is 6.74. The number of fused-ring (bicyclic) bond motifs is 2. The predicted octanol–water partition coefficient (Wildman–Crippen LogP) is 5.65. The number of nitrogens with one attached hydrogen (secondary N) is 2. The summed E-state index contributed by atoms with van der Waals surface area (Å²) >= 11 is 0. The molecule has 1 aromatic heterocycles. The molecule has 0 fully saturated rings. The van der Waals surface area contributed by atoms with Crippen molar-refractivity contribution in [1.82, 2.24) is 10.3 Å². The maximum Gasteiger partial charge on any atom is 0.119 e. The van der Waals surface area contributed by atoms with E-state index in [0.717, 1.165) is 31.6 Å². The topological polar surface area (TPSA) is 37.0 Å². The number of methoxy groups -OCH3 is 1. The first kappa shape index (κ1) is 19.9. The Labute approximate surface area is 184 Å². The van der Waals surface area contributed by atoms with Crippen LogP contribution in [-0.2, 0) is 19.3 Å². The van der Waals surface area contributed by atoms with Gasteiger partial charge in [0.15, 0.2) is 0 Å². The molecule has 2 unspecified atom stereocenters. The lowest BCUT2D eigenvalue weighted by atomic mass is 9.76. The Bertz CT molecular complexity index is 1150. The second kappa shape index (κ2) is 8.99. The van der Waals surface area contributed by atoms with Gasteiger partial charge in [-0.1, -0.05) is 54.6 Å². The molecule has 0 saturated heterocycles. The summed E-state index contributed by atoms with van der Waals surface area (Å²) < 4.78 is 5.56. The Morgan fingerprint density at radius 1 is 1.00 bits per heavy atom. The molecule has 3 nitrogen and oxygen atoms in total. The summed E-state index contributed by atoms with van der Waals surface area (Å²) in [5.41, 5.74) is 6.92. The Balaban J connectivity index is 1.35. The highest BCUT2D eigenvalue weighted by atomic mass is 16.5. The number of ether oxygens (including phenoxy) is 1. The molecule has 0 saturated carbocycles. The van der Waals surface area contributed by atoms with Gasteiger partial charge in [0.05, 0.1) is 7.11 Å². The van der Waals surface area contributed by atoms with E-state index < -0.39 is 0 Å². The average molecular weight is 411 g/mol. The summed E-state index contributed by atoms with van der Waals surface area (Å²) in [6, 6.07) is 26.5. The quantitative estimate of drug-likeness (QED) is 0.413. The number of hydrogen-bond donors (Lipinski definition) is 2. The van der Waals surface area contributed by atoms with Gasteiger partial charge in [-0.3, -0.25) is 0 Å². The first-order chi connectivity index (χ1) is 15.3. The fourth-order valence-electron chi connectivity index (χ4n) is 5.10. The number of benzene rings is 3. The molecule has 158 valence electrons. The van der Waals surface area contributed by atoms with Crippen LogP contribution in [0.5, 0.6) is 5.75 Å². The van der Waals surface area contributed by atoms with Crippen molar-refractivity contribution in [3.8, 4) is 5.75 Å². The van der Waals surface area contributed by atoms with Crippen molar-refractivity contribution in [1.29, 1.82) is 0 Å². The molecule has 2 atom stereocenters. The van der Waals surface area contributed by atoms with Crippen LogP contribution in [0.15, 0.2) is 79.0 Å². The van der Waals surface area contributed by atoms with E-state index in [9.17, 15) is 0 Å². The van der Waals surface area contributed by atoms with Crippen LogP contribution >= 0.6 is 0 Å². The first-order valence-corrected chi connectivity index (χ1v) is 11.3. The molecule has 1 heterocycles. The number of aromatic amines is 1. The minimum absolute atomic E-state index is 0.448. The second-order valence-corrected chi connectivity index (χ2v) is 8.57. The SMILES string of the molecule is COc1ccc2c(c1)C(Cc1ccccc1)C(NCCc1c[nH]c3ccccc13)CC2. The minimum Gasteiger partial charge on any atom is -0.497 e. The molecule has 0 amide bonds. The molecule has 3 heteroatoms. The molecule has 1 aliphatic carbocycles. The number of hydrogen-bond acceptors (Lipinski definition) is 2. The van der Waals surface area contributed by atoms with Gasteiger partial charge in [0.2, 0.25) is 0 Å². The molecule has 0 aliphatic heterocycles. The lowest BCUT2D eigenvalue weighted by Crippen LogP contribution is -2.40. The van der Waals surface area contributed by atoms with E-state index in [1.807, 2.05) is 0 Å². The summed E-state index contributed by atoms with van der Waals surface area (Å²) in [4.78, 5) is 3.40. The van der Waals surface area contributed by atoms with Crippen molar-refractivity contribution >= 4 is 10.9 Å². The maximum absolute atomic E-state index is 5.56. The number of para-hydroxylation sites is 1. The summed E-state index contributed by atoms with van der Waals surface area (Å²) in [5, 5.41) is 5.26. The molecule has 0 radical (unpaired) electrons. The molecular formula is C28H30N2O. The molecule has 3 aromatic carbocycles. The predicted molar refractivity (Wildman–Crippen MR) is 128 cm³/mol. The van der Waals surface area contributed by atoms with Gasteiger partial charge < -0.3 is 15.0 Å². The van der Waals surface area contributed by atoms with Crippen LogP contribution in [0.2, 0.25) is 0 Å². The largest absolute Gasteiger partial charge is 0.497 e. The summed E-state index contributed by atoms with van der Waals surface area (Å²) in [6.07, 6.45) is 6.53. The van der Waals surface area contributed by atoms with Gasteiger partial charge >= 0.3 is 0 Å². The van der Waals surface area contributed by atoms with Crippen molar-refractivity contribution in [2.24, 2.45) is 0 Å². The van der Waals surface area contributed by atoms with Gasteiger partial charge in [-0.25, -0.2) is 0 Å². The van der Waals surface area contributed by atoms with E-state index in [1.54, 1.807) is 7.11 Å². The van der Waals surface area contributed by atoms with Gasteiger partial charge in [0.25, 0.3) is 0 Å². The molecule has 31 heavy (non-hydrogen) atoms. The lowest BCUT2D eigenvalue weighted by molar-refractivity contribution is 0.380. The van der Waals surface area contributed by atoms with Crippen LogP contribution in [0.1, 0.15) is 34.6 Å². The molecular weight excluding hydrogens is 380 g/mol. The number of H-pyrrole nitrogens is 1. The molecule has 0 spiro atoms. The van der Waals surface area contributed by atoms with Crippen molar-refractivity contribution in [2.75, 3.05) is 13.7 Å². The molecule has 1 aliphatic rings. The lowest BCUT2D eigenvalue weighted by Gasteiger charge is -2.35. The van der Waals surface area contributed by atoms with E-state index >= 15 is 0 Å². The first-order valence-electron chi connectivity index (χ1n) is 11.3. The van der Waals surface area contributed by atoms with Gasteiger partial charge in [-0.2, -0.15) is 0 Å². The number of aryl methyl sites for hydroxylation is 1. The maximum atomic E-state index is 5.56. The molecule has 0 bridgehead atoms. The van der Waals surface area contributed by atoms with E-state index in [0.29, 0.717) is 12.0 Å². The van der Waals surface area contributed by atoms with Crippen molar-refractivity contribution < 1.29 is 4.74 Å². The van der Waals surface area contributed by atoms with Crippen LogP contribution < -0.4 is 10.1 Å². The Morgan fingerprint density at radius 2 is 1.84 bits per heavy atom. The summed E-state index contributed by atoms with van der Waals surface area (Å²) in [6.45, 7) is 0.983. The Kier molecular flexibility index (Phi) is 5.77. The zero-order valence-corrected chi connectivity index (χ0v) is 18.1. The highest BCUT2D eigenvalue weighted by Gasteiger charge is 2.29. The zero-order valence-electron chi connectivity index (χ0n) is 18.1. The van der Waals surface area contributed by atoms with E-state index in [1.165, 1.54) is 39.6 Å². The highest BCUT2D eigenvalue weighted by Crippen LogP contribution is 2.36. The van der Waals surface area contributed by atoms with Crippen molar-refractivity contribution in [2.45, 2.75) is 37.6 Å². The van der Waals surface area contributed by atoms with E-state index in [-0.39, 0.29) is 0 Å². The smallest absolute Gasteiger partial charge is 0.119 e. The fourth-order valence-corrected chi connectivity index (χ4v) is 5.10. The molecule has 5 rings (SSSR count). The van der Waals surface area contributed by atoms with Gasteiger partial charge in [-0.05, 0) is 72.7 Å². The Morgan fingerprint density at radius 3 is 2.71 bits per heavy atom. The van der Waals surface area contributed by atoms with Crippen LogP contribution in [0, 0.1) is 0 Å². The molecule has 4 aromatic rings. The van der Waals surface area contributed by atoms with Gasteiger partial charge in [0, 0.05) is 29.1 Å². The van der Waals surface area contributed by atoms with Crippen LogP contribution in [0.3, 0.4) is 0 Å². The van der Waals surface area contributed by atoms with Crippen molar-refractivity contribution in [3.63, 3.8) is 0 Å². The van der Waals surface area contributed by atoms with Crippen LogP contribution in [0.25, 0.3) is 10.9 Å². The van der Waals surface area contributed by atoms with Crippen LogP contribution in [0.4, 0.5) is 0 Å². The molecule has 2 N–H and O–H groups in total. The third kappa shape index (κ3) is 4.24. The Hall–Kier alpha value is -3.04. The standard InChI is InChI=1S/C28H30N2O/c1-31-23-13-11-21-12-14-28(26(25(21)18-23)17-20-7-3-2-4-8-20)29-16-15-22-19-30-27-10-6-5-9-24(22)27/h2-11,13,18-19,26,28-30H,12,14-17H2,1H3. The average Bonchev–Trinajstić information content (AvgIpc) is 3.24. The number of aromatic nitrogens is 1. The summed E-state index contributed by atoms with van der Waals surface area (Å²) in [7, 11) is 1.76. The van der Waals surface area contributed by atoms with Gasteiger partial charge in [0.1, 0.15) is 5.75 Å². The van der Waals surface area contributed by atoms with Crippen molar-refractivity contribution in [3.05, 3.63) is 101 Å². The van der Waals surface area contributed by atoms with E-state index in [2.05, 4.69) is 89.3 Å². The zero-order chi connectivity index (χ0) is 21.0. The number of rotatable bonds is 7. The van der Waals surface area contributed by atoms with E-state index in [4.69, 9.17) is 4.74 Å². The fraction of sp³-hybridized carbons (Fsp3) is 0.286.